The minimum absolute atomic E-state index is 0.796. The maximum Gasteiger partial charge on any atom is 0.126 e. The number of halogens is 1. The van der Waals surface area contributed by atoms with E-state index in [0.29, 0.717) is 0 Å². The molecule has 1 heterocycles. The van der Waals surface area contributed by atoms with E-state index in [1.54, 1.807) is 11.8 Å². The monoisotopic (exact) mass is 218 g/mol. The maximum absolute atomic E-state index is 4.13. The Hall–Kier alpha value is -0.0900. The summed E-state index contributed by atoms with van der Waals surface area (Å²) < 4.78 is 0.882. The second-order valence-electron chi connectivity index (χ2n) is 1.78. The van der Waals surface area contributed by atoms with E-state index in [-0.39, 0.29) is 0 Å². The van der Waals surface area contributed by atoms with Crippen molar-refractivity contribution in [2.75, 3.05) is 6.26 Å². The van der Waals surface area contributed by atoms with E-state index < -0.39 is 0 Å². The molecule has 0 radical (unpaired) electrons. The van der Waals surface area contributed by atoms with Gasteiger partial charge in [0.2, 0.25) is 0 Å². The first-order valence-electron chi connectivity index (χ1n) is 2.77. The van der Waals surface area contributed by atoms with Crippen molar-refractivity contribution in [3.8, 4) is 0 Å². The maximum atomic E-state index is 4.13. The third kappa shape index (κ3) is 1.70. The minimum atomic E-state index is 0.796. The Labute approximate surface area is 72.6 Å². The molecule has 0 aliphatic carbocycles. The molecule has 54 valence electrons. The summed E-state index contributed by atoms with van der Waals surface area (Å²) in [5.74, 6) is 0.796. The zero-order valence-electron chi connectivity index (χ0n) is 5.76. The van der Waals surface area contributed by atoms with Crippen molar-refractivity contribution in [2.45, 2.75) is 11.8 Å². The van der Waals surface area contributed by atoms with Crippen molar-refractivity contribution in [3.63, 3.8) is 0 Å². The minimum Gasteiger partial charge on any atom is -0.240 e. The topological polar surface area (TPSA) is 25.8 Å². The fourth-order valence-electron chi connectivity index (χ4n) is 0.568. The van der Waals surface area contributed by atoms with Gasteiger partial charge in [0.1, 0.15) is 10.4 Å². The second kappa shape index (κ2) is 3.34. The number of hydrogen-bond acceptors (Lipinski definition) is 3. The summed E-state index contributed by atoms with van der Waals surface area (Å²) in [6.45, 7) is 1.87. The normalized spacial score (nSPS) is 9.90. The molecule has 1 rings (SSSR count). The van der Waals surface area contributed by atoms with E-state index in [9.17, 15) is 0 Å². The van der Waals surface area contributed by atoms with Gasteiger partial charge in [0.15, 0.2) is 0 Å². The highest BCUT2D eigenvalue weighted by molar-refractivity contribution is 9.10. The number of hydrogen-bond donors (Lipinski definition) is 0. The first kappa shape index (κ1) is 8.01. The highest BCUT2D eigenvalue weighted by atomic mass is 79.9. The van der Waals surface area contributed by atoms with Crippen LogP contribution in [0.5, 0.6) is 0 Å². The summed E-state index contributed by atoms with van der Waals surface area (Å²) in [6.07, 6.45) is 3.82. The lowest BCUT2D eigenvalue weighted by Gasteiger charge is -1.97. The van der Waals surface area contributed by atoms with Crippen molar-refractivity contribution in [1.29, 1.82) is 0 Å². The fourth-order valence-corrected chi connectivity index (χ4v) is 1.79. The lowest BCUT2D eigenvalue weighted by molar-refractivity contribution is 0.983. The predicted octanol–water partition coefficient (Wildman–Crippen LogP) is 2.27. The van der Waals surface area contributed by atoms with Gasteiger partial charge in [0, 0.05) is 6.20 Å². The molecule has 4 heteroatoms. The van der Waals surface area contributed by atoms with Crippen molar-refractivity contribution in [2.24, 2.45) is 0 Å². The van der Waals surface area contributed by atoms with Gasteiger partial charge in [-0.15, -0.1) is 11.8 Å². The number of rotatable bonds is 1. The van der Waals surface area contributed by atoms with Crippen LogP contribution in [-0.2, 0) is 0 Å². The average Bonchev–Trinajstić information content (AvgIpc) is 1.88. The highest BCUT2D eigenvalue weighted by Gasteiger charge is 1.98. The lowest BCUT2D eigenvalue weighted by Crippen LogP contribution is -1.88. The van der Waals surface area contributed by atoms with E-state index >= 15 is 0 Å². The molecular weight excluding hydrogens is 212 g/mol. The molecular formula is C6H7BrN2S. The molecule has 0 saturated heterocycles. The Balaban J connectivity index is 3.07. The molecule has 0 atom stereocenters. The Morgan fingerprint density at radius 2 is 2.30 bits per heavy atom. The van der Waals surface area contributed by atoms with Crippen molar-refractivity contribution in [3.05, 3.63) is 16.6 Å². The quantitative estimate of drug-likeness (QED) is 0.535. The lowest BCUT2D eigenvalue weighted by atomic mass is 10.6. The van der Waals surface area contributed by atoms with E-state index in [1.165, 1.54) is 0 Å². The average molecular weight is 219 g/mol. The van der Waals surface area contributed by atoms with Crippen LogP contribution in [-0.4, -0.2) is 16.2 Å². The van der Waals surface area contributed by atoms with Crippen LogP contribution in [0.1, 0.15) is 5.82 Å². The number of aromatic nitrogens is 2. The molecule has 1 aromatic rings. The Morgan fingerprint density at radius 3 is 2.80 bits per heavy atom. The Bertz CT molecular complexity index is 239. The van der Waals surface area contributed by atoms with Gasteiger partial charge in [0.05, 0.1) is 4.90 Å². The Morgan fingerprint density at radius 1 is 1.60 bits per heavy atom. The standard InChI is InChI=1S/C6H7BrN2S/c1-4-8-3-5(10-2)6(7)9-4/h3H,1-2H3. The molecule has 10 heavy (non-hydrogen) atoms. The van der Waals surface area contributed by atoms with Crippen LogP contribution in [0, 0.1) is 6.92 Å². The van der Waals surface area contributed by atoms with Gasteiger partial charge in [-0.2, -0.15) is 0 Å². The van der Waals surface area contributed by atoms with E-state index in [2.05, 4.69) is 25.9 Å². The Kier molecular flexibility index (Phi) is 2.68. The van der Waals surface area contributed by atoms with Gasteiger partial charge in [0.25, 0.3) is 0 Å². The summed E-state index contributed by atoms with van der Waals surface area (Å²) >= 11 is 4.97. The van der Waals surface area contributed by atoms with Crippen LogP contribution < -0.4 is 0 Å². The van der Waals surface area contributed by atoms with Crippen molar-refractivity contribution >= 4 is 27.7 Å². The summed E-state index contributed by atoms with van der Waals surface area (Å²) in [4.78, 5) is 9.25. The van der Waals surface area contributed by atoms with Crippen molar-refractivity contribution in [1.82, 2.24) is 9.97 Å². The third-order valence-corrected chi connectivity index (χ3v) is 2.66. The SMILES string of the molecule is CSc1cnc(C)nc1Br. The summed E-state index contributed by atoms with van der Waals surface area (Å²) in [6, 6.07) is 0. The summed E-state index contributed by atoms with van der Waals surface area (Å²) in [7, 11) is 0. The molecule has 0 aliphatic heterocycles. The molecule has 1 aromatic heterocycles. The molecule has 0 bridgehead atoms. The smallest absolute Gasteiger partial charge is 0.126 e. The second-order valence-corrected chi connectivity index (χ2v) is 3.38. The van der Waals surface area contributed by atoms with Gasteiger partial charge < -0.3 is 0 Å². The number of thioether (sulfide) groups is 1. The molecule has 0 spiro atoms. The largest absolute Gasteiger partial charge is 0.240 e. The molecule has 0 fully saturated rings. The van der Waals surface area contributed by atoms with Gasteiger partial charge >= 0.3 is 0 Å². The van der Waals surface area contributed by atoms with Crippen LogP contribution in [0.25, 0.3) is 0 Å². The third-order valence-electron chi connectivity index (χ3n) is 1.05. The van der Waals surface area contributed by atoms with Gasteiger partial charge in [-0.05, 0) is 29.1 Å². The van der Waals surface area contributed by atoms with Crippen LogP contribution in [0.15, 0.2) is 15.7 Å². The van der Waals surface area contributed by atoms with Crippen LogP contribution in [0.4, 0.5) is 0 Å². The van der Waals surface area contributed by atoms with Crippen LogP contribution in [0.2, 0.25) is 0 Å². The summed E-state index contributed by atoms with van der Waals surface area (Å²) in [5.41, 5.74) is 0. The predicted molar refractivity (Wildman–Crippen MR) is 46.3 cm³/mol. The van der Waals surface area contributed by atoms with Crippen LogP contribution in [0.3, 0.4) is 0 Å². The number of nitrogens with zero attached hydrogens (tertiary/aromatic N) is 2. The molecule has 2 nitrogen and oxygen atoms in total. The van der Waals surface area contributed by atoms with E-state index in [0.717, 1.165) is 15.3 Å². The van der Waals surface area contributed by atoms with Gasteiger partial charge in [-0.1, -0.05) is 0 Å². The van der Waals surface area contributed by atoms with Crippen LogP contribution >= 0.6 is 27.7 Å². The van der Waals surface area contributed by atoms with E-state index in [1.807, 2.05) is 19.4 Å². The first-order valence-corrected chi connectivity index (χ1v) is 4.79. The van der Waals surface area contributed by atoms with Crippen molar-refractivity contribution < 1.29 is 0 Å². The fraction of sp³-hybridized carbons (Fsp3) is 0.333. The molecule has 0 aromatic carbocycles. The number of aryl methyl sites for hydroxylation is 1. The molecule has 0 unspecified atom stereocenters. The molecule has 0 aliphatic rings. The first-order chi connectivity index (χ1) is 4.74. The molecule has 0 amide bonds. The summed E-state index contributed by atoms with van der Waals surface area (Å²) in [5, 5.41) is 0. The molecule has 0 saturated carbocycles. The van der Waals surface area contributed by atoms with Gasteiger partial charge in [-0.3, -0.25) is 0 Å². The van der Waals surface area contributed by atoms with E-state index in [4.69, 9.17) is 0 Å². The highest BCUT2D eigenvalue weighted by Crippen LogP contribution is 2.21. The zero-order valence-corrected chi connectivity index (χ0v) is 8.16. The van der Waals surface area contributed by atoms with Gasteiger partial charge in [-0.25, -0.2) is 9.97 Å². The zero-order chi connectivity index (χ0) is 7.56. The molecule has 0 N–H and O–H groups in total.